The number of aliphatic imine (C=N–C) groups is 1. The number of nitrogens with one attached hydrogen (secondary N) is 6. The van der Waals surface area contributed by atoms with Gasteiger partial charge >= 0.3 is 29.8 Å². The van der Waals surface area contributed by atoms with E-state index in [1.54, 1.807) is 0 Å². The van der Waals surface area contributed by atoms with Gasteiger partial charge in [0, 0.05) is 46.5 Å². The van der Waals surface area contributed by atoms with E-state index in [2.05, 4.69) is 36.9 Å². The highest BCUT2D eigenvalue weighted by Gasteiger charge is 2.53. The highest BCUT2D eigenvalue weighted by atomic mass is 32.2. The number of fused-ring (bicyclic) bond motifs is 1. The van der Waals surface area contributed by atoms with Crippen LogP contribution in [-0.2, 0) is 81.2 Å². The molecule has 0 bridgehead atoms. The summed E-state index contributed by atoms with van der Waals surface area (Å²) in [5.41, 5.74) is 9.26. The average Bonchev–Trinajstić information content (AvgIpc) is 3.74. The summed E-state index contributed by atoms with van der Waals surface area (Å²) < 4.78 is 27.7. The van der Waals surface area contributed by atoms with Crippen LogP contribution in [0.4, 0.5) is 0 Å². The van der Waals surface area contributed by atoms with Gasteiger partial charge in [-0.3, -0.25) is 62.5 Å². The number of nitrogens with two attached hydrogens (primary N) is 2. The van der Waals surface area contributed by atoms with Gasteiger partial charge in [0.05, 0.1) is 19.5 Å². The van der Waals surface area contributed by atoms with E-state index in [1.807, 2.05) is 0 Å². The van der Waals surface area contributed by atoms with Gasteiger partial charge in [0.2, 0.25) is 41.4 Å². The molecule has 68 heavy (non-hydrogen) atoms. The second-order valence-electron chi connectivity index (χ2n) is 15.6. The number of esters is 4. The molecule has 0 radical (unpaired) electrons. The number of rotatable bonds is 14. The summed E-state index contributed by atoms with van der Waals surface area (Å²) >= 11 is 0.680. The molecule has 0 aromatic carbocycles. The van der Waals surface area contributed by atoms with Crippen LogP contribution in [0.3, 0.4) is 0 Å². The van der Waals surface area contributed by atoms with Crippen molar-refractivity contribution in [3.05, 3.63) is 0 Å². The monoisotopic (exact) mass is 986 g/mol. The minimum absolute atomic E-state index is 0.0469. The molecule has 7 amide bonds. The Kier molecular flexibility index (Phi) is 21.7. The van der Waals surface area contributed by atoms with Crippen molar-refractivity contribution < 1.29 is 86.3 Å². The normalized spacial score (nSPS) is 27.7. The maximum Gasteiger partial charge on any atom is 0.305 e. The third-order valence-electron chi connectivity index (χ3n) is 10.1. The van der Waals surface area contributed by atoms with Gasteiger partial charge in [0.25, 0.3) is 0 Å². The molecule has 3 aliphatic rings. The van der Waals surface area contributed by atoms with E-state index in [-0.39, 0.29) is 44.7 Å². The Morgan fingerprint density at radius 3 is 1.93 bits per heavy atom. The largest absolute Gasteiger partial charge is 0.481 e. The number of aliphatic carboxylic acids is 1. The highest BCUT2D eigenvalue weighted by molar-refractivity contribution is 7.99. The molecule has 0 aliphatic carbocycles. The molecule has 0 aromatic heterocycles. The van der Waals surface area contributed by atoms with Gasteiger partial charge in [-0.15, -0.1) is 11.8 Å². The summed E-state index contributed by atoms with van der Waals surface area (Å²) in [4.78, 5) is 161. The second-order valence-corrected chi connectivity index (χ2v) is 16.7. The number of hydrogen-bond acceptors (Lipinski definition) is 19. The summed E-state index contributed by atoms with van der Waals surface area (Å²) in [6.45, 7) is 3.33. The third-order valence-corrected chi connectivity index (χ3v) is 11.3. The van der Waals surface area contributed by atoms with Crippen molar-refractivity contribution in [1.82, 2.24) is 36.8 Å². The lowest BCUT2D eigenvalue weighted by atomic mass is 9.99. The Bertz CT molecular complexity index is 1970. The summed E-state index contributed by atoms with van der Waals surface area (Å²) in [5, 5.41) is 23.9. The summed E-state index contributed by atoms with van der Waals surface area (Å²) in [7, 11) is 0. The molecular formula is C39H58N10O18S. The molecule has 3 heterocycles. The first-order chi connectivity index (χ1) is 32.0. The van der Waals surface area contributed by atoms with Gasteiger partial charge in [0.1, 0.15) is 48.4 Å². The van der Waals surface area contributed by atoms with E-state index < -0.39 is 163 Å². The number of carboxylic acids is 1. The van der Waals surface area contributed by atoms with Crippen molar-refractivity contribution in [1.29, 1.82) is 0 Å². The smallest absolute Gasteiger partial charge is 0.305 e. The van der Waals surface area contributed by atoms with Crippen molar-refractivity contribution in [2.24, 2.45) is 16.5 Å². The zero-order chi connectivity index (χ0) is 50.8. The van der Waals surface area contributed by atoms with Crippen LogP contribution in [0.5, 0.6) is 0 Å². The molecule has 3 aliphatic heterocycles. The fourth-order valence-corrected chi connectivity index (χ4v) is 8.33. The van der Waals surface area contributed by atoms with Crippen LogP contribution >= 0.6 is 11.8 Å². The van der Waals surface area contributed by atoms with Crippen molar-refractivity contribution in [3.8, 4) is 0 Å². The number of carbonyl (C=O) groups is 12. The van der Waals surface area contributed by atoms with E-state index in [9.17, 15) is 62.6 Å². The first kappa shape index (κ1) is 55.5. The quantitative estimate of drug-likeness (QED) is 0.0258. The number of guanidine groups is 1. The molecule has 3 rings (SSSR count). The van der Waals surface area contributed by atoms with Crippen molar-refractivity contribution in [3.63, 3.8) is 0 Å². The number of nitrogens with zero attached hydrogens (tertiary/aromatic N) is 2. The molecule has 29 heteroatoms. The fourth-order valence-electron chi connectivity index (χ4n) is 7.10. The minimum Gasteiger partial charge on any atom is -0.481 e. The molecule has 10 atom stereocenters. The number of thioether (sulfide) groups is 1. The molecule has 0 spiro atoms. The van der Waals surface area contributed by atoms with Crippen LogP contribution < -0.4 is 43.4 Å². The number of hydrogen-bond donors (Lipinski definition) is 9. The van der Waals surface area contributed by atoms with Crippen molar-refractivity contribution >= 4 is 88.9 Å². The van der Waals surface area contributed by atoms with E-state index in [1.165, 1.54) is 6.92 Å². The fraction of sp³-hybridized carbons (Fsp3) is 0.667. The maximum atomic E-state index is 14.6. The predicted molar refractivity (Wildman–Crippen MR) is 231 cm³/mol. The Balaban J connectivity index is 2.07. The number of ether oxygens (including phenoxy) is 5. The summed E-state index contributed by atoms with van der Waals surface area (Å²) in [5.74, 6) is -12.5. The zero-order valence-electron chi connectivity index (χ0n) is 37.9. The molecule has 0 aromatic rings. The molecule has 3 fully saturated rings. The van der Waals surface area contributed by atoms with Crippen LogP contribution in [0.1, 0.15) is 66.7 Å². The molecule has 0 saturated carbocycles. The molecular weight excluding hydrogens is 929 g/mol. The Hall–Kier alpha value is -6.78. The minimum atomic E-state index is -1.90. The number of amides is 7. The number of carboxylic acid groups (broad SMARTS) is 1. The van der Waals surface area contributed by atoms with Gasteiger partial charge in [-0.2, -0.15) is 0 Å². The first-order valence-corrected chi connectivity index (χ1v) is 22.3. The van der Waals surface area contributed by atoms with E-state index in [0.717, 1.165) is 32.6 Å². The van der Waals surface area contributed by atoms with Crippen LogP contribution in [-0.4, -0.2) is 186 Å². The highest BCUT2D eigenvalue weighted by Crippen LogP contribution is 2.35. The van der Waals surface area contributed by atoms with E-state index in [4.69, 9.17) is 35.2 Å². The maximum absolute atomic E-state index is 14.6. The van der Waals surface area contributed by atoms with Gasteiger partial charge in [-0.05, 0) is 32.6 Å². The second kappa shape index (κ2) is 26.5. The molecule has 3 saturated heterocycles. The van der Waals surface area contributed by atoms with E-state index in [0.29, 0.717) is 11.8 Å². The van der Waals surface area contributed by atoms with Gasteiger partial charge < -0.3 is 77.1 Å². The molecule has 11 N–H and O–H groups in total. The SMILES string of the molecule is CC(=O)OC[C@H]1O[C@@H](SC[C@@H]2NC(=O)[C@H](CC(=O)O)NC(=O)CNC(=O)[C@H](CCCN=C(N)N)NC(=O)CNC(=O)[C@H](C)NC(=O)[C@@H]3CCCN3C2=O)[C@H](OC(C)=O)[C@@H](OC(C)=O)[C@@H]1OC(C)=O. The molecule has 28 nitrogen and oxygen atoms in total. The lowest BCUT2D eigenvalue weighted by Crippen LogP contribution is -2.62. The topological polar surface area (TPSA) is 411 Å². The molecule has 0 unspecified atom stereocenters. The Morgan fingerprint density at radius 2 is 1.34 bits per heavy atom. The van der Waals surface area contributed by atoms with E-state index >= 15 is 0 Å². The Morgan fingerprint density at radius 1 is 0.750 bits per heavy atom. The third kappa shape index (κ3) is 17.8. The summed E-state index contributed by atoms with van der Waals surface area (Å²) in [6, 6.07) is -7.44. The van der Waals surface area contributed by atoms with Crippen LogP contribution in [0.15, 0.2) is 4.99 Å². The lowest BCUT2D eigenvalue weighted by Gasteiger charge is -2.44. The van der Waals surface area contributed by atoms with Gasteiger partial charge in [-0.1, -0.05) is 0 Å². The first-order valence-electron chi connectivity index (χ1n) is 21.2. The standard InChI is InChI=1S/C39H58N10O18S/c1-17-33(58)43-13-27(54)46-22(8-6-10-42-39(40)41)34(59)44-14-28(55)47-23(12-29(56)57)35(60)48-24(37(62)49-11-7-9-25(49)36(61)45-17)16-68-38-32(66-21(5)53)31(65-20(4)52)30(64-19(3)51)26(67-38)15-63-18(2)50/h17,22-26,30-32,38H,6-16H2,1-5H3,(H,43,58)(H,44,59)(H,45,61)(H,46,54)(H,47,55)(H,48,60)(H,56,57)(H4,40,41,42)/t17-,22-,23-,24-,25-,26+,30+,31-,32+,38-/m0/s1. The van der Waals surface area contributed by atoms with Crippen LogP contribution in [0, 0.1) is 0 Å². The summed E-state index contributed by atoms with van der Waals surface area (Å²) in [6.07, 6.45) is -6.74. The van der Waals surface area contributed by atoms with Gasteiger partial charge in [0.15, 0.2) is 24.3 Å². The van der Waals surface area contributed by atoms with Gasteiger partial charge in [-0.25, -0.2) is 0 Å². The predicted octanol–water partition coefficient (Wildman–Crippen LogP) is -5.47. The van der Waals surface area contributed by atoms with Crippen LogP contribution in [0.25, 0.3) is 0 Å². The zero-order valence-corrected chi connectivity index (χ0v) is 38.7. The molecule has 378 valence electrons. The van der Waals surface area contributed by atoms with Crippen molar-refractivity contribution in [2.45, 2.75) is 127 Å². The number of carbonyl (C=O) groups excluding carboxylic acids is 11. The lowest BCUT2D eigenvalue weighted by molar-refractivity contribution is -0.237. The average molecular weight is 987 g/mol. The van der Waals surface area contributed by atoms with Crippen LogP contribution in [0.2, 0.25) is 0 Å². The van der Waals surface area contributed by atoms with Crippen molar-refractivity contribution in [2.75, 3.05) is 38.5 Å². The Labute approximate surface area is 393 Å².